The molecule has 3 aromatic rings. The highest BCUT2D eigenvalue weighted by atomic mass is 15.2. The third kappa shape index (κ3) is 2.66. The summed E-state index contributed by atoms with van der Waals surface area (Å²) in [7, 11) is 2.07. The molecule has 22 heavy (non-hydrogen) atoms. The molecule has 0 N–H and O–H groups in total. The molecule has 0 aliphatic carbocycles. The Morgan fingerprint density at radius 1 is 1.18 bits per heavy atom. The summed E-state index contributed by atoms with van der Waals surface area (Å²) < 4.78 is 2.11. The number of anilines is 1. The second-order valence-corrected chi connectivity index (χ2v) is 5.89. The molecule has 0 radical (unpaired) electrons. The van der Waals surface area contributed by atoms with E-state index >= 15 is 0 Å². The highest BCUT2D eigenvalue weighted by Gasteiger charge is 2.15. The van der Waals surface area contributed by atoms with Gasteiger partial charge in [0.05, 0.1) is 18.4 Å². The van der Waals surface area contributed by atoms with Gasteiger partial charge < -0.3 is 9.30 Å². The van der Waals surface area contributed by atoms with Crippen LogP contribution in [-0.4, -0.2) is 26.4 Å². The first-order valence-electron chi connectivity index (χ1n) is 7.52. The molecule has 3 heterocycles. The molecule has 3 aromatic heterocycles. The largest absolute Gasteiger partial charge is 0.353 e. The second kappa shape index (κ2) is 5.75. The van der Waals surface area contributed by atoms with E-state index in [1.807, 2.05) is 43.7 Å². The van der Waals surface area contributed by atoms with Crippen molar-refractivity contribution in [1.82, 2.24) is 19.4 Å². The van der Waals surface area contributed by atoms with Crippen molar-refractivity contribution in [2.45, 2.75) is 33.2 Å². The molecule has 5 nitrogen and oxygen atoms in total. The zero-order chi connectivity index (χ0) is 15.7. The fourth-order valence-electron chi connectivity index (χ4n) is 2.60. The molecule has 0 bridgehead atoms. The van der Waals surface area contributed by atoms with Crippen LogP contribution in [0.5, 0.6) is 0 Å². The fourth-order valence-corrected chi connectivity index (χ4v) is 2.60. The minimum Gasteiger partial charge on any atom is -0.353 e. The molecular weight excluding hydrogens is 274 g/mol. The Hall–Kier alpha value is -2.43. The van der Waals surface area contributed by atoms with Crippen LogP contribution in [0.3, 0.4) is 0 Å². The van der Waals surface area contributed by atoms with Gasteiger partial charge in [0.1, 0.15) is 17.3 Å². The van der Waals surface area contributed by atoms with E-state index in [4.69, 9.17) is 0 Å². The maximum absolute atomic E-state index is 4.64. The summed E-state index contributed by atoms with van der Waals surface area (Å²) in [5.74, 6) is 2.18. The molecule has 0 aromatic carbocycles. The summed E-state index contributed by atoms with van der Waals surface area (Å²) in [4.78, 5) is 15.6. The predicted octanol–water partition coefficient (Wildman–Crippen LogP) is 3.19. The summed E-state index contributed by atoms with van der Waals surface area (Å²) in [6.07, 6.45) is 5.91. The summed E-state index contributed by atoms with van der Waals surface area (Å²) in [5.41, 5.74) is 3.28. The van der Waals surface area contributed by atoms with E-state index in [-0.39, 0.29) is 0 Å². The van der Waals surface area contributed by atoms with Gasteiger partial charge in [0, 0.05) is 25.0 Å². The zero-order valence-corrected chi connectivity index (χ0v) is 13.5. The molecule has 5 heteroatoms. The van der Waals surface area contributed by atoms with Gasteiger partial charge in [-0.25, -0.2) is 15.0 Å². The number of pyridine rings is 1. The van der Waals surface area contributed by atoms with Gasteiger partial charge in [-0.1, -0.05) is 19.9 Å². The number of nitrogens with zero attached hydrogens (tertiary/aromatic N) is 5. The third-order valence-electron chi connectivity index (χ3n) is 3.79. The van der Waals surface area contributed by atoms with Gasteiger partial charge in [-0.05, 0) is 25.0 Å². The maximum Gasteiger partial charge on any atom is 0.136 e. The van der Waals surface area contributed by atoms with Crippen molar-refractivity contribution in [2.24, 2.45) is 0 Å². The van der Waals surface area contributed by atoms with E-state index in [0.29, 0.717) is 5.92 Å². The van der Waals surface area contributed by atoms with Crippen LogP contribution in [0.25, 0.3) is 5.65 Å². The van der Waals surface area contributed by atoms with Gasteiger partial charge in [-0.3, -0.25) is 0 Å². The van der Waals surface area contributed by atoms with Crippen LogP contribution in [0.15, 0.2) is 36.8 Å². The van der Waals surface area contributed by atoms with E-state index in [9.17, 15) is 0 Å². The van der Waals surface area contributed by atoms with Crippen molar-refractivity contribution in [3.63, 3.8) is 0 Å². The van der Waals surface area contributed by atoms with Gasteiger partial charge in [-0.2, -0.15) is 0 Å². The average Bonchev–Trinajstić information content (AvgIpc) is 2.90. The maximum atomic E-state index is 4.64. The number of hydrogen-bond donors (Lipinski definition) is 0. The molecule has 3 rings (SSSR count). The standard InChI is InChI=1S/C17H21N5/c1-12(2)15-10-18-13(3)20-17(15)21(4)11-14-9-19-16-7-5-6-8-22(14)16/h5-10,12H,11H2,1-4H3. The van der Waals surface area contributed by atoms with Crippen molar-refractivity contribution >= 4 is 11.5 Å². The molecule has 114 valence electrons. The van der Waals surface area contributed by atoms with Crippen LogP contribution in [-0.2, 0) is 6.54 Å². The molecule has 0 aliphatic rings. The number of imidazole rings is 1. The highest BCUT2D eigenvalue weighted by molar-refractivity contribution is 5.48. The van der Waals surface area contributed by atoms with Gasteiger partial charge >= 0.3 is 0 Å². The molecule has 0 spiro atoms. The molecule has 0 aliphatic heterocycles. The van der Waals surface area contributed by atoms with Crippen molar-refractivity contribution < 1.29 is 0 Å². The highest BCUT2D eigenvalue weighted by Crippen LogP contribution is 2.25. The van der Waals surface area contributed by atoms with Crippen molar-refractivity contribution in [2.75, 3.05) is 11.9 Å². The van der Waals surface area contributed by atoms with Crippen LogP contribution in [0.4, 0.5) is 5.82 Å². The predicted molar refractivity (Wildman–Crippen MR) is 88.2 cm³/mol. The monoisotopic (exact) mass is 295 g/mol. The summed E-state index contributed by atoms with van der Waals surface area (Å²) in [6, 6.07) is 6.03. The number of aryl methyl sites for hydroxylation is 1. The first-order chi connectivity index (χ1) is 10.6. The normalized spacial score (nSPS) is 11.3. The van der Waals surface area contributed by atoms with Crippen LogP contribution in [0, 0.1) is 6.92 Å². The Morgan fingerprint density at radius 2 is 2.00 bits per heavy atom. The lowest BCUT2D eigenvalue weighted by molar-refractivity contribution is 0.788. The number of hydrogen-bond acceptors (Lipinski definition) is 4. The van der Waals surface area contributed by atoms with E-state index in [2.05, 4.69) is 45.1 Å². The fraction of sp³-hybridized carbons (Fsp3) is 0.353. The van der Waals surface area contributed by atoms with Crippen LogP contribution < -0.4 is 4.90 Å². The molecule has 0 atom stereocenters. The Balaban J connectivity index is 1.95. The van der Waals surface area contributed by atoms with Gasteiger partial charge in [0.15, 0.2) is 0 Å². The number of aromatic nitrogens is 4. The quantitative estimate of drug-likeness (QED) is 0.741. The van der Waals surface area contributed by atoms with E-state index in [0.717, 1.165) is 29.5 Å². The van der Waals surface area contributed by atoms with E-state index in [1.54, 1.807) is 0 Å². The Bertz CT molecular complexity index is 791. The van der Waals surface area contributed by atoms with Crippen LogP contribution in [0.1, 0.15) is 36.8 Å². The molecule has 0 fully saturated rings. The molecule has 0 amide bonds. The van der Waals surface area contributed by atoms with Crippen molar-refractivity contribution in [3.8, 4) is 0 Å². The number of fused-ring (bicyclic) bond motifs is 1. The molecular formula is C17H21N5. The Kier molecular flexibility index (Phi) is 3.79. The summed E-state index contributed by atoms with van der Waals surface area (Å²) >= 11 is 0. The number of rotatable bonds is 4. The molecule has 0 saturated carbocycles. The SMILES string of the molecule is Cc1ncc(C(C)C)c(N(C)Cc2cnc3ccccn23)n1. The second-order valence-electron chi connectivity index (χ2n) is 5.89. The zero-order valence-electron chi connectivity index (χ0n) is 13.5. The molecule has 0 unspecified atom stereocenters. The minimum atomic E-state index is 0.389. The summed E-state index contributed by atoms with van der Waals surface area (Å²) in [6.45, 7) is 7.01. The minimum absolute atomic E-state index is 0.389. The smallest absolute Gasteiger partial charge is 0.136 e. The lowest BCUT2D eigenvalue weighted by Gasteiger charge is -2.22. The first-order valence-corrected chi connectivity index (χ1v) is 7.52. The lowest BCUT2D eigenvalue weighted by Crippen LogP contribution is -2.21. The lowest BCUT2D eigenvalue weighted by atomic mass is 10.1. The van der Waals surface area contributed by atoms with Gasteiger partial charge in [0.2, 0.25) is 0 Å². The summed E-state index contributed by atoms with van der Waals surface area (Å²) in [5, 5.41) is 0. The third-order valence-corrected chi connectivity index (χ3v) is 3.79. The molecule has 0 saturated heterocycles. The van der Waals surface area contributed by atoms with E-state index < -0.39 is 0 Å². The van der Waals surface area contributed by atoms with Crippen LogP contribution in [0.2, 0.25) is 0 Å². The van der Waals surface area contributed by atoms with Gasteiger partial charge in [-0.15, -0.1) is 0 Å². The van der Waals surface area contributed by atoms with Crippen molar-refractivity contribution in [1.29, 1.82) is 0 Å². The van der Waals surface area contributed by atoms with Crippen molar-refractivity contribution in [3.05, 3.63) is 53.9 Å². The van der Waals surface area contributed by atoms with Gasteiger partial charge in [0.25, 0.3) is 0 Å². The first kappa shape index (κ1) is 14.5. The average molecular weight is 295 g/mol. The topological polar surface area (TPSA) is 46.3 Å². The Morgan fingerprint density at radius 3 is 2.77 bits per heavy atom. The Labute approximate surface area is 130 Å². The van der Waals surface area contributed by atoms with E-state index in [1.165, 1.54) is 5.56 Å². The van der Waals surface area contributed by atoms with Crippen LogP contribution >= 0.6 is 0 Å².